The molecule has 3 atom stereocenters. The zero-order chi connectivity index (χ0) is 15.1. The second-order valence-electron chi connectivity index (χ2n) is 6.34. The molecule has 2 heteroatoms. The third-order valence-electron chi connectivity index (χ3n) is 4.64. The maximum absolute atomic E-state index is 6.37. The molecule has 0 saturated heterocycles. The van der Waals surface area contributed by atoms with Crippen LogP contribution >= 0.6 is 0 Å². The number of hydrogen-bond donors (Lipinski definition) is 1. The summed E-state index contributed by atoms with van der Waals surface area (Å²) in [6, 6.07) is 9.12. The van der Waals surface area contributed by atoms with E-state index in [0.29, 0.717) is 18.2 Å². The highest BCUT2D eigenvalue weighted by Crippen LogP contribution is 2.32. The van der Waals surface area contributed by atoms with Gasteiger partial charge in [0.05, 0.1) is 18.2 Å². The molecule has 1 N–H and O–H groups in total. The lowest BCUT2D eigenvalue weighted by Crippen LogP contribution is -2.37. The molecule has 0 radical (unpaired) electrons. The first-order chi connectivity index (χ1) is 10.3. The smallest absolute Gasteiger partial charge is 0.0776 e. The number of nitrogens with one attached hydrogen (secondary N) is 1. The Balaban J connectivity index is 1.89. The average Bonchev–Trinajstić information content (AvgIpc) is 2.51. The normalized spacial score (nSPS) is 22.8. The van der Waals surface area contributed by atoms with Gasteiger partial charge in [-0.1, -0.05) is 56.9 Å². The molecule has 1 aromatic rings. The number of likely N-dealkylation sites (N-methyl/N-ethyl adjacent to an activating group) is 1. The van der Waals surface area contributed by atoms with Gasteiger partial charge in [0.25, 0.3) is 0 Å². The van der Waals surface area contributed by atoms with Crippen LogP contribution in [0.1, 0.15) is 69.5 Å². The van der Waals surface area contributed by atoms with Gasteiger partial charge in [-0.2, -0.15) is 0 Å². The van der Waals surface area contributed by atoms with Crippen LogP contribution in [0.25, 0.3) is 0 Å². The van der Waals surface area contributed by atoms with Gasteiger partial charge >= 0.3 is 0 Å². The van der Waals surface area contributed by atoms with E-state index in [2.05, 4.69) is 50.5 Å². The molecule has 1 aromatic carbocycles. The van der Waals surface area contributed by atoms with Crippen molar-refractivity contribution in [2.24, 2.45) is 0 Å². The Labute approximate surface area is 130 Å². The molecule has 0 aliphatic heterocycles. The molecule has 118 valence electrons. The lowest BCUT2D eigenvalue weighted by atomic mass is 9.85. The molecule has 1 aliphatic rings. The van der Waals surface area contributed by atoms with Gasteiger partial charge in [0.2, 0.25) is 0 Å². The summed E-state index contributed by atoms with van der Waals surface area (Å²) in [5.41, 5.74) is 2.90. The van der Waals surface area contributed by atoms with Crippen LogP contribution in [0.4, 0.5) is 0 Å². The van der Waals surface area contributed by atoms with Crippen LogP contribution in [0.5, 0.6) is 0 Å². The molecule has 0 saturated carbocycles. The van der Waals surface area contributed by atoms with Gasteiger partial charge in [-0.3, -0.25) is 0 Å². The summed E-state index contributed by atoms with van der Waals surface area (Å²) in [4.78, 5) is 0. The molecule has 0 amide bonds. The quantitative estimate of drug-likeness (QED) is 0.704. The van der Waals surface area contributed by atoms with Crippen LogP contribution in [-0.4, -0.2) is 19.3 Å². The van der Waals surface area contributed by atoms with Crippen molar-refractivity contribution in [3.63, 3.8) is 0 Å². The Kier molecular flexibility index (Phi) is 6.72. The summed E-state index contributed by atoms with van der Waals surface area (Å²) in [6.45, 7) is 4.50. The minimum Gasteiger partial charge on any atom is -0.373 e. The van der Waals surface area contributed by atoms with Crippen molar-refractivity contribution in [2.45, 2.75) is 77.0 Å². The maximum atomic E-state index is 6.37. The van der Waals surface area contributed by atoms with E-state index in [-0.39, 0.29) is 0 Å². The molecular weight excluding hydrogens is 258 g/mol. The first kappa shape index (κ1) is 16.5. The highest BCUT2D eigenvalue weighted by molar-refractivity contribution is 5.33. The third kappa shape index (κ3) is 4.55. The molecule has 2 rings (SSSR count). The predicted octanol–water partition coefficient (Wildman–Crippen LogP) is 4.64. The van der Waals surface area contributed by atoms with Gasteiger partial charge in [0.1, 0.15) is 0 Å². The number of rotatable bonds is 8. The van der Waals surface area contributed by atoms with E-state index in [1.165, 1.54) is 43.2 Å². The molecule has 3 unspecified atom stereocenters. The maximum Gasteiger partial charge on any atom is 0.0776 e. The van der Waals surface area contributed by atoms with Crippen LogP contribution in [0.2, 0.25) is 0 Å². The lowest BCUT2D eigenvalue weighted by Gasteiger charge is -2.35. The summed E-state index contributed by atoms with van der Waals surface area (Å²) < 4.78 is 6.37. The molecule has 21 heavy (non-hydrogen) atoms. The Morgan fingerprint density at radius 3 is 2.81 bits per heavy atom. The van der Waals surface area contributed by atoms with Crippen molar-refractivity contribution in [2.75, 3.05) is 7.05 Å². The van der Waals surface area contributed by atoms with Crippen LogP contribution in [0.3, 0.4) is 0 Å². The van der Waals surface area contributed by atoms with Gasteiger partial charge in [-0.05, 0) is 44.4 Å². The summed E-state index contributed by atoms with van der Waals surface area (Å²) in [7, 11) is 2.05. The number of unbranched alkanes of at least 4 members (excludes halogenated alkanes) is 3. The number of ether oxygens (including phenoxy) is 1. The van der Waals surface area contributed by atoms with E-state index in [4.69, 9.17) is 4.74 Å². The van der Waals surface area contributed by atoms with Crippen LogP contribution in [0, 0.1) is 0 Å². The fraction of sp³-hybridized carbons (Fsp3) is 0.684. The van der Waals surface area contributed by atoms with Crippen LogP contribution in [-0.2, 0) is 11.2 Å². The Morgan fingerprint density at radius 1 is 1.24 bits per heavy atom. The highest BCUT2D eigenvalue weighted by atomic mass is 16.5. The molecule has 0 fully saturated rings. The van der Waals surface area contributed by atoms with E-state index in [0.717, 1.165) is 12.8 Å². The van der Waals surface area contributed by atoms with Crippen molar-refractivity contribution in [3.05, 3.63) is 35.4 Å². The minimum atomic E-state index is 0.311. The molecule has 1 aliphatic carbocycles. The Morgan fingerprint density at radius 2 is 2.05 bits per heavy atom. The molecule has 0 bridgehead atoms. The van der Waals surface area contributed by atoms with E-state index in [9.17, 15) is 0 Å². The zero-order valence-electron chi connectivity index (χ0n) is 13.9. The summed E-state index contributed by atoms with van der Waals surface area (Å²) in [6.07, 6.45) is 9.42. The van der Waals surface area contributed by atoms with E-state index >= 15 is 0 Å². The van der Waals surface area contributed by atoms with Gasteiger partial charge in [0, 0.05) is 0 Å². The van der Waals surface area contributed by atoms with E-state index in [1.54, 1.807) is 0 Å². The number of fused-ring (bicyclic) bond motifs is 1. The van der Waals surface area contributed by atoms with Crippen LogP contribution < -0.4 is 5.32 Å². The number of benzene rings is 1. The van der Waals surface area contributed by atoms with Crippen molar-refractivity contribution in [3.8, 4) is 0 Å². The first-order valence-corrected chi connectivity index (χ1v) is 8.66. The zero-order valence-corrected chi connectivity index (χ0v) is 13.9. The SMILES string of the molecule is CCCCCCC(C)OC1CCc2ccccc2C1NC. The van der Waals surface area contributed by atoms with Crippen molar-refractivity contribution >= 4 is 0 Å². The molecule has 0 aromatic heterocycles. The molecule has 2 nitrogen and oxygen atoms in total. The van der Waals surface area contributed by atoms with Gasteiger partial charge < -0.3 is 10.1 Å². The van der Waals surface area contributed by atoms with Crippen molar-refractivity contribution in [1.29, 1.82) is 0 Å². The van der Waals surface area contributed by atoms with Gasteiger partial charge in [0.15, 0.2) is 0 Å². The average molecular weight is 289 g/mol. The predicted molar refractivity (Wildman–Crippen MR) is 89.7 cm³/mol. The second kappa shape index (κ2) is 8.55. The van der Waals surface area contributed by atoms with E-state index < -0.39 is 0 Å². The third-order valence-corrected chi connectivity index (χ3v) is 4.64. The molecule has 0 spiro atoms. The first-order valence-electron chi connectivity index (χ1n) is 8.66. The number of hydrogen-bond acceptors (Lipinski definition) is 2. The Bertz CT molecular complexity index is 418. The largest absolute Gasteiger partial charge is 0.373 e. The van der Waals surface area contributed by atoms with Crippen molar-refractivity contribution < 1.29 is 4.74 Å². The summed E-state index contributed by atoms with van der Waals surface area (Å²) >= 11 is 0. The summed E-state index contributed by atoms with van der Waals surface area (Å²) in [5, 5.41) is 3.47. The second-order valence-corrected chi connectivity index (χ2v) is 6.34. The van der Waals surface area contributed by atoms with Crippen LogP contribution in [0.15, 0.2) is 24.3 Å². The topological polar surface area (TPSA) is 21.3 Å². The molecule has 0 heterocycles. The number of aryl methyl sites for hydroxylation is 1. The lowest BCUT2D eigenvalue weighted by molar-refractivity contribution is -0.0340. The fourth-order valence-electron chi connectivity index (χ4n) is 3.44. The highest BCUT2D eigenvalue weighted by Gasteiger charge is 2.29. The van der Waals surface area contributed by atoms with E-state index in [1.807, 2.05) is 0 Å². The van der Waals surface area contributed by atoms with Crippen molar-refractivity contribution in [1.82, 2.24) is 5.32 Å². The molecular formula is C19H31NO. The standard InChI is InChI=1S/C19H31NO/c1-4-5-6-7-10-15(2)21-18-14-13-16-11-8-9-12-17(16)19(18)20-3/h8-9,11-12,15,18-20H,4-7,10,13-14H2,1-3H3. The monoisotopic (exact) mass is 289 g/mol. The van der Waals surface area contributed by atoms with Gasteiger partial charge in [-0.25, -0.2) is 0 Å². The minimum absolute atomic E-state index is 0.311. The van der Waals surface area contributed by atoms with Gasteiger partial charge in [-0.15, -0.1) is 0 Å². The summed E-state index contributed by atoms with van der Waals surface area (Å²) in [5.74, 6) is 0. The fourth-order valence-corrected chi connectivity index (χ4v) is 3.44. The Hall–Kier alpha value is -0.860.